The van der Waals surface area contributed by atoms with Gasteiger partial charge in [0.05, 0.1) is 36.6 Å². The molecule has 2 aliphatic rings. The van der Waals surface area contributed by atoms with E-state index in [0.717, 1.165) is 32.1 Å². The minimum atomic E-state index is -1.87. The molecule has 34 heavy (non-hydrogen) atoms. The standard InChI is InChI=1S/C29H56O4Si/c1-8-10-11-12-13-14-15-16-18-28(33-34(6,7)29(3,4)5)27-22-21-26(32-27)25-20-19-24(31-25)23(30)17-9-2/h9,23-28,30H,2,8,10-22H2,1,3-7H3/t23-,24+,25+,26+,27+,28-/m0/s1. The highest BCUT2D eigenvalue weighted by Gasteiger charge is 2.44. The van der Waals surface area contributed by atoms with Crippen LogP contribution in [0.4, 0.5) is 0 Å². The van der Waals surface area contributed by atoms with Crippen LogP contribution in [0, 0.1) is 0 Å². The van der Waals surface area contributed by atoms with Gasteiger partial charge in [0.15, 0.2) is 8.32 Å². The van der Waals surface area contributed by atoms with Crippen LogP contribution < -0.4 is 0 Å². The molecular weight excluding hydrogens is 440 g/mol. The van der Waals surface area contributed by atoms with Crippen LogP contribution >= 0.6 is 0 Å². The number of aliphatic hydroxyl groups is 1. The van der Waals surface area contributed by atoms with Crippen molar-refractivity contribution < 1.29 is 19.0 Å². The van der Waals surface area contributed by atoms with Crippen molar-refractivity contribution in [3.05, 3.63) is 12.7 Å². The molecule has 0 aromatic heterocycles. The van der Waals surface area contributed by atoms with E-state index in [-0.39, 0.29) is 35.6 Å². The fraction of sp³-hybridized carbons (Fsp3) is 0.931. The van der Waals surface area contributed by atoms with Crippen LogP contribution in [0.2, 0.25) is 18.1 Å². The highest BCUT2D eigenvalue weighted by molar-refractivity contribution is 6.74. The van der Waals surface area contributed by atoms with Gasteiger partial charge in [-0.3, -0.25) is 0 Å². The summed E-state index contributed by atoms with van der Waals surface area (Å²) in [6, 6.07) is 0. The van der Waals surface area contributed by atoms with Gasteiger partial charge in [-0.05, 0) is 56.7 Å². The molecule has 2 heterocycles. The SMILES string of the molecule is C=CC[C@H](O)[C@H]1CC[C@H]([C@H]2CC[C@H]([C@H](CCCCCCCCCC)O[Si](C)(C)C(C)(C)C)O2)O1. The first-order chi connectivity index (χ1) is 16.1. The molecule has 0 spiro atoms. The zero-order valence-corrected chi connectivity index (χ0v) is 24.3. The van der Waals surface area contributed by atoms with Gasteiger partial charge in [0.1, 0.15) is 0 Å². The quantitative estimate of drug-likeness (QED) is 0.134. The molecule has 0 aromatic carbocycles. The monoisotopic (exact) mass is 496 g/mol. The van der Waals surface area contributed by atoms with E-state index in [9.17, 15) is 5.11 Å². The third kappa shape index (κ3) is 9.35. The first kappa shape index (κ1) is 30.0. The summed E-state index contributed by atoms with van der Waals surface area (Å²) in [4.78, 5) is 0. The van der Waals surface area contributed by atoms with Crippen LogP contribution in [-0.2, 0) is 13.9 Å². The number of unbranched alkanes of at least 4 members (excludes halogenated alkanes) is 7. The molecule has 0 aliphatic carbocycles. The van der Waals surface area contributed by atoms with Crippen LogP contribution in [0.15, 0.2) is 12.7 Å². The van der Waals surface area contributed by atoms with Crippen molar-refractivity contribution in [3.63, 3.8) is 0 Å². The maximum atomic E-state index is 10.3. The molecule has 2 aliphatic heterocycles. The maximum Gasteiger partial charge on any atom is 0.192 e. The van der Waals surface area contributed by atoms with Crippen molar-refractivity contribution in [2.24, 2.45) is 0 Å². The minimum absolute atomic E-state index is 0.0812. The fourth-order valence-corrected chi connectivity index (χ4v) is 6.54. The van der Waals surface area contributed by atoms with Gasteiger partial charge in [-0.25, -0.2) is 0 Å². The van der Waals surface area contributed by atoms with Gasteiger partial charge in [0, 0.05) is 0 Å². The summed E-state index contributed by atoms with van der Waals surface area (Å²) in [5.41, 5.74) is 0. The Morgan fingerprint density at radius 2 is 1.44 bits per heavy atom. The van der Waals surface area contributed by atoms with Gasteiger partial charge in [0.25, 0.3) is 0 Å². The Kier molecular flexibility index (Phi) is 12.8. The molecule has 6 atom stereocenters. The van der Waals surface area contributed by atoms with E-state index in [1.54, 1.807) is 6.08 Å². The second-order valence-electron chi connectivity index (χ2n) is 12.4. The topological polar surface area (TPSA) is 47.9 Å². The van der Waals surface area contributed by atoms with E-state index in [0.29, 0.717) is 6.42 Å². The largest absolute Gasteiger partial charge is 0.411 e. The molecule has 0 amide bonds. The Hall–Kier alpha value is -0.203. The summed E-state index contributed by atoms with van der Waals surface area (Å²) in [6.07, 6.45) is 18.2. The molecule has 0 bridgehead atoms. The predicted octanol–water partition coefficient (Wildman–Crippen LogP) is 7.94. The lowest BCUT2D eigenvalue weighted by molar-refractivity contribution is -0.107. The zero-order chi connectivity index (χ0) is 25.2. The summed E-state index contributed by atoms with van der Waals surface area (Å²) >= 11 is 0. The van der Waals surface area contributed by atoms with Crippen molar-refractivity contribution in [2.75, 3.05) is 0 Å². The van der Waals surface area contributed by atoms with Crippen LogP contribution in [0.3, 0.4) is 0 Å². The van der Waals surface area contributed by atoms with E-state index >= 15 is 0 Å². The first-order valence-corrected chi connectivity index (χ1v) is 17.3. The summed E-state index contributed by atoms with van der Waals surface area (Å²) in [5.74, 6) is 0. The van der Waals surface area contributed by atoms with Gasteiger partial charge >= 0.3 is 0 Å². The summed E-state index contributed by atoms with van der Waals surface area (Å²) in [7, 11) is -1.87. The molecular formula is C29H56O4Si. The van der Waals surface area contributed by atoms with E-state index in [1.165, 1.54) is 51.4 Å². The Labute approximate surface area is 212 Å². The normalized spacial score (nSPS) is 27.7. The van der Waals surface area contributed by atoms with Gasteiger partial charge < -0.3 is 19.0 Å². The molecule has 0 unspecified atom stereocenters. The summed E-state index contributed by atoms with van der Waals surface area (Å²) < 4.78 is 19.9. The van der Waals surface area contributed by atoms with Crippen LogP contribution in [0.5, 0.6) is 0 Å². The molecule has 0 aromatic rings. The Morgan fingerprint density at radius 3 is 2.00 bits per heavy atom. The third-order valence-electron chi connectivity index (χ3n) is 8.43. The first-order valence-electron chi connectivity index (χ1n) is 14.4. The number of aliphatic hydroxyl groups excluding tert-OH is 1. The summed E-state index contributed by atoms with van der Waals surface area (Å²) in [5, 5.41) is 10.5. The van der Waals surface area contributed by atoms with E-state index < -0.39 is 14.4 Å². The predicted molar refractivity (Wildman–Crippen MR) is 146 cm³/mol. The van der Waals surface area contributed by atoms with Crippen LogP contribution in [-0.4, -0.2) is 50.0 Å². The van der Waals surface area contributed by atoms with Crippen molar-refractivity contribution in [2.45, 2.75) is 172 Å². The van der Waals surface area contributed by atoms with E-state index in [4.69, 9.17) is 13.9 Å². The molecule has 2 fully saturated rings. The lowest BCUT2D eigenvalue weighted by atomic mass is 10.0. The van der Waals surface area contributed by atoms with Crippen molar-refractivity contribution in [3.8, 4) is 0 Å². The number of rotatable bonds is 16. The highest BCUT2D eigenvalue weighted by atomic mass is 28.4. The number of ether oxygens (including phenoxy) is 2. The van der Waals surface area contributed by atoms with Gasteiger partial charge in [-0.1, -0.05) is 85.1 Å². The van der Waals surface area contributed by atoms with E-state index in [2.05, 4.69) is 47.4 Å². The average Bonchev–Trinajstić information content (AvgIpc) is 3.44. The second kappa shape index (κ2) is 14.5. The van der Waals surface area contributed by atoms with Gasteiger partial charge in [0.2, 0.25) is 0 Å². The lowest BCUT2D eigenvalue weighted by Gasteiger charge is -2.41. The third-order valence-corrected chi connectivity index (χ3v) is 12.9. The number of hydrogen-bond acceptors (Lipinski definition) is 4. The zero-order valence-electron chi connectivity index (χ0n) is 23.3. The van der Waals surface area contributed by atoms with Crippen molar-refractivity contribution in [1.82, 2.24) is 0 Å². The second-order valence-corrected chi connectivity index (χ2v) is 17.1. The molecule has 5 heteroatoms. The van der Waals surface area contributed by atoms with Gasteiger partial charge in [-0.15, -0.1) is 6.58 Å². The number of hydrogen-bond donors (Lipinski definition) is 1. The Bertz CT molecular complexity index is 573. The van der Waals surface area contributed by atoms with Crippen molar-refractivity contribution in [1.29, 1.82) is 0 Å². The van der Waals surface area contributed by atoms with Crippen LogP contribution in [0.25, 0.3) is 0 Å². The van der Waals surface area contributed by atoms with E-state index in [1.807, 2.05) is 0 Å². The minimum Gasteiger partial charge on any atom is -0.411 e. The molecule has 1 N–H and O–H groups in total. The molecule has 4 nitrogen and oxygen atoms in total. The molecule has 0 saturated carbocycles. The summed E-state index contributed by atoms with van der Waals surface area (Å²) in [6.45, 7) is 17.7. The molecule has 200 valence electrons. The molecule has 2 rings (SSSR count). The Balaban J connectivity index is 1.88. The van der Waals surface area contributed by atoms with Crippen LogP contribution in [0.1, 0.15) is 118 Å². The van der Waals surface area contributed by atoms with Crippen molar-refractivity contribution >= 4 is 8.32 Å². The average molecular weight is 497 g/mol. The smallest absolute Gasteiger partial charge is 0.192 e. The van der Waals surface area contributed by atoms with Gasteiger partial charge in [-0.2, -0.15) is 0 Å². The lowest BCUT2D eigenvalue weighted by Crippen LogP contribution is -2.47. The fourth-order valence-electron chi connectivity index (χ4n) is 5.16. The Morgan fingerprint density at radius 1 is 0.912 bits per heavy atom. The molecule has 2 saturated heterocycles. The molecule has 0 radical (unpaired) electrons. The maximum absolute atomic E-state index is 10.3. The highest BCUT2D eigenvalue weighted by Crippen LogP contribution is 2.41.